The Morgan fingerprint density at radius 1 is 1.54 bits per heavy atom. The van der Waals surface area contributed by atoms with Gasteiger partial charge in [0.05, 0.1) is 0 Å². The maximum absolute atomic E-state index is 11.4. The number of aryl methyl sites for hydroxylation is 1. The van der Waals surface area contributed by atoms with E-state index in [1.54, 1.807) is 6.07 Å². The maximum atomic E-state index is 11.4. The topological polar surface area (TPSA) is 26.3 Å². The van der Waals surface area contributed by atoms with Gasteiger partial charge in [0.2, 0.25) is 0 Å². The lowest BCUT2D eigenvalue weighted by Gasteiger charge is -2.03. The second kappa shape index (κ2) is 4.53. The molecule has 0 saturated carbocycles. The van der Waals surface area contributed by atoms with Crippen LogP contribution in [0.15, 0.2) is 22.7 Å². The number of methoxy groups -OCH3 is 1. The first-order chi connectivity index (χ1) is 6.15. The van der Waals surface area contributed by atoms with Crippen molar-refractivity contribution in [2.45, 2.75) is 6.92 Å². The monoisotopic (exact) mass is 242 g/mol. The second-order valence-electron chi connectivity index (χ2n) is 2.84. The third-order valence-electron chi connectivity index (χ3n) is 1.70. The Hall–Kier alpha value is -0.670. The van der Waals surface area contributed by atoms with E-state index in [4.69, 9.17) is 4.74 Å². The van der Waals surface area contributed by atoms with E-state index in [1.165, 1.54) is 7.11 Å². The molecular weight excluding hydrogens is 232 g/mol. The maximum Gasteiger partial charge on any atom is 0.189 e. The summed E-state index contributed by atoms with van der Waals surface area (Å²) in [4.78, 5) is 11.4. The fourth-order valence-electron chi connectivity index (χ4n) is 1.06. The van der Waals surface area contributed by atoms with Crippen molar-refractivity contribution >= 4 is 21.7 Å². The molecular formula is C10H11BrO2. The summed E-state index contributed by atoms with van der Waals surface area (Å²) in [5.41, 5.74) is 1.80. The fourth-order valence-corrected chi connectivity index (χ4v) is 1.77. The van der Waals surface area contributed by atoms with Crippen LogP contribution in [0, 0.1) is 6.92 Å². The standard InChI is InChI=1S/C10H11BrO2/c1-7-3-4-8(9(11)5-7)10(12)6-13-2/h3-5H,6H2,1-2H3. The molecule has 13 heavy (non-hydrogen) atoms. The minimum Gasteiger partial charge on any atom is -0.377 e. The van der Waals surface area contributed by atoms with E-state index in [0.29, 0.717) is 5.56 Å². The van der Waals surface area contributed by atoms with Gasteiger partial charge in [0.1, 0.15) is 6.61 Å². The average Bonchev–Trinajstić information content (AvgIpc) is 2.04. The van der Waals surface area contributed by atoms with Gasteiger partial charge in [-0.2, -0.15) is 0 Å². The summed E-state index contributed by atoms with van der Waals surface area (Å²) in [6.07, 6.45) is 0. The number of benzene rings is 1. The van der Waals surface area contributed by atoms with Gasteiger partial charge in [-0.05, 0) is 24.6 Å². The highest BCUT2D eigenvalue weighted by Gasteiger charge is 2.08. The van der Waals surface area contributed by atoms with Crippen LogP contribution >= 0.6 is 15.9 Å². The number of rotatable bonds is 3. The molecule has 0 spiro atoms. The molecule has 0 saturated heterocycles. The Labute approximate surface area is 86.0 Å². The molecule has 0 aliphatic heterocycles. The highest BCUT2D eigenvalue weighted by atomic mass is 79.9. The van der Waals surface area contributed by atoms with Gasteiger partial charge < -0.3 is 4.74 Å². The van der Waals surface area contributed by atoms with Crippen molar-refractivity contribution in [3.8, 4) is 0 Å². The fraction of sp³-hybridized carbons (Fsp3) is 0.300. The molecule has 0 N–H and O–H groups in total. The molecule has 0 aliphatic rings. The number of hydrogen-bond donors (Lipinski definition) is 0. The van der Waals surface area contributed by atoms with E-state index in [0.717, 1.165) is 10.0 Å². The molecule has 1 aromatic carbocycles. The zero-order valence-electron chi connectivity index (χ0n) is 7.63. The van der Waals surface area contributed by atoms with Crippen LogP contribution in [0.5, 0.6) is 0 Å². The molecule has 0 aromatic heterocycles. The van der Waals surface area contributed by atoms with Crippen molar-refractivity contribution in [3.05, 3.63) is 33.8 Å². The predicted octanol–water partition coefficient (Wildman–Crippen LogP) is 2.59. The van der Waals surface area contributed by atoms with Crippen LogP contribution in [0.4, 0.5) is 0 Å². The molecule has 0 atom stereocenters. The molecule has 3 heteroatoms. The zero-order valence-corrected chi connectivity index (χ0v) is 9.22. The van der Waals surface area contributed by atoms with E-state index in [1.807, 2.05) is 19.1 Å². The number of carbonyl (C=O) groups is 1. The normalized spacial score (nSPS) is 10.1. The highest BCUT2D eigenvalue weighted by molar-refractivity contribution is 9.10. The van der Waals surface area contributed by atoms with Crippen LogP contribution in [0.2, 0.25) is 0 Å². The number of hydrogen-bond acceptors (Lipinski definition) is 2. The average molecular weight is 243 g/mol. The molecule has 0 aliphatic carbocycles. The van der Waals surface area contributed by atoms with Gasteiger partial charge in [-0.3, -0.25) is 4.79 Å². The molecule has 70 valence electrons. The van der Waals surface area contributed by atoms with E-state index >= 15 is 0 Å². The van der Waals surface area contributed by atoms with Crippen molar-refractivity contribution in [1.29, 1.82) is 0 Å². The first-order valence-electron chi connectivity index (χ1n) is 3.93. The molecule has 0 fully saturated rings. The third-order valence-corrected chi connectivity index (χ3v) is 2.36. The van der Waals surface area contributed by atoms with Crippen molar-refractivity contribution in [2.75, 3.05) is 13.7 Å². The van der Waals surface area contributed by atoms with Gasteiger partial charge in [-0.1, -0.05) is 22.0 Å². The highest BCUT2D eigenvalue weighted by Crippen LogP contribution is 2.18. The lowest BCUT2D eigenvalue weighted by atomic mass is 10.1. The summed E-state index contributed by atoms with van der Waals surface area (Å²) in [7, 11) is 1.51. The molecule has 0 unspecified atom stereocenters. The van der Waals surface area contributed by atoms with Gasteiger partial charge in [0.25, 0.3) is 0 Å². The van der Waals surface area contributed by atoms with Crippen LogP contribution in [0.3, 0.4) is 0 Å². The van der Waals surface area contributed by atoms with E-state index in [2.05, 4.69) is 15.9 Å². The number of ketones is 1. The number of carbonyl (C=O) groups excluding carboxylic acids is 1. The molecule has 0 bridgehead atoms. The molecule has 0 amide bonds. The lowest BCUT2D eigenvalue weighted by Crippen LogP contribution is -2.07. The summed E-state index contributed by atoms with van der Waals surface area (Å²) in [6, 6.07) is 5.64. The third kappa shape index (κ3) is 2.64. The van der Waals surface area contributed by atoms with Crippen LogP contribution in [0.1, 0.15) is 15.9 Å². The number of Topliss-reactive ketones (excluding diaryl/α,β-unsaturated/α-hetero) is 1. The van der Waals surface area contributed by atoms with Gasteiger partial charge in [0.15, 0.2) is 5.78 Å². The van der Waals surface area contributed by atoms with Crippen LogP contribution < -0.4 is 0 Å². The summed E-state index contributed by atoms with van der Waals surface area (Å²) in [5, 5.41) is 0. The Kier molecular flexibility index (Phi) is 3.63. The van der Waals surface area contributed by atoms with Crippen LogP contribution in [-0.4, -0.2) is 19.5 Å². The van der Waals surface area contributed by atoms with Crippen molar-refractivity contribution in [1.82, 2.24) is 0 Å². The van der Waals surface area contributed by atoms with Crippen molar-refractivity contribution < 1.29 is 9.53 Å². The van der Waals surface area contributed by atoms with Crippen molar-refractivity contribution in [3.63, 3.8) is 0 Å². The first-order valence-corrected chi connectivity index (χ1v) is 4.72. The minimum atomic E-state index is -0.00521. The predicted molar refractivity (Wildman–Crippen MR) is 55.1 cm³/mol. The summed E-state index contributed by atoms with van der Waals surface area (Å²) >= 11 is 3.34. The van der Waals surface area contributed by atoms with Gasteiger partial charge >= 0.3 is 0 Å². The largest absolute Gasteiger partial charge is 0.377 e. The molecule has 1 aromatic rings. The Morgan fingerprint density at radius 3 is 2.77 bits per heavy atom. The smallest absolute Gasteiger partial charge is 0.189 e. The second-order valence-corrected chi connectivity index (χ2v) is 3.69. The number of ether oxygens (including phenoxy) is 1. The van der Waals surface area contributed by atoms with Gasteiger partial charge in [0, 0.05) is 17.1 Å². The Morgan fingerprint density at radius 2 is 2.23 bits per heavy atom. The summed E-state index contributed by atoms with van der Waals surface area (Å²) < 4.78 is 5.60. The number of halogens is 1. The summed E-state index contributed by atoms with van der Waals surface area (Å²) in [5.74, 6) is -0.00521. The van der Waals surface area contributed by atoms with Crippen molar-refractivity contribution in [2.24, 2.45) is 0 Å². The molecule has 1 rings (SSSR count). The molecule has 2 nitrogen and oxygen atoms in total. The first kappa shape index (κ1) is 10.4. The molecule has 0 radical (unpaired) electrons. The molecule has 0 heterocycles. The van der Waals surface area contributed by atoms with Gasteiger partial charge in [-0.25, -0.2) is 0 Å². The minimum absolute atomic E-state index is 0.00521. The van der Waals surface area contributed by atoms with Gasteiger partial charge in [-0.15, -0.1) is 0 Å². The van der Waals surface area contributed by atoms with Crippen LogP contribution in [-0.2, 0) is 4.74 Å². The van der Waals surface area contributed by atoms with E-state index in [9.17, 15) is 4.79 Å². The Balaban J connectivity index is 2.95. The summed E-state index contributed by atoms with van der Waals surface area (Å²) in [6.45, 7) is 2.11. The van der Waals surface area contributed by atoms with E-state index < -0.39 is 0 Å². The van der Waals surface area contributed by atoms with E-state index in [-0.39, 0.29) is 12.4 Å². The SMILES string of the molecule is COCC(=O)c1ccc(C)cc1Br. The van der Waals surface area contributed by atoms with Crippen LogP contribution in [0.25, 0.3) is 0 Å². The Bertz CT molecular complexity index is 321. The lowest BCUT2D eigenvalue weighted by molar-refractivity contribution is 0.0847. The zero-order chi connectivity index (χ0) is 9.84. The quantitative estimate of drug-likeness (QED) is 0.762.